The number of thiol groups is 1. The number of hydrogen-bond donors (Lipinski definition) is 3. The lowest BCUT2D eigenvalue weighted by molar-refractivity contribution is -0.129. The molecule has 39 heavy (non-hydrogen) atoms. The van der Waals surface area contributed by atoms with Crippen molar-refractivity contribution < 1.29 is 19.2 Å². The molecule has 5 rings (SSSR count). The zero-order chi connectivity index (χ0) is 28.1. The summed E-state index contributed by atoms with van der Waals surface area (Å²) in [5.74, 6) is -0.849. The van der Waals surface area contributed by atoms with Gasteiger partial charge in [-0.05, 0) is 78.6 Å². The summed E-state index contributed by atoms with van der Waals surface area (Å²) < 4.78 is 0. The molecule has 2 saturated heterocycles. The fourth-order valence-electron chi connectivity index (χ4n) is 6.10. The molecule has 0 unspecified atom stereocenters. The van der Waals surface area contributed by atoms with Gasteiger partial charge in [0.2, 0.25) is 16.9 Å². The van der Waals surface area contributed by atoms with Crippen LogP contribution in [0.25, 0.3) is 0 Å². The maximum absolute atomic E-state index is 14.2. The summed E-state index contributed by atoms with van der Waals surface area (Å²) in [4.78, 5) is 55.6. The minimum absolute atomic E-state index is 0.0656. The molecule has 3 aliphatic rings. The molecule has 4 amide bonds. The molecule has 2 aromatic carbocycles. The highest BCUT2D eigenvalue weighted by Gasteiger charge is 2.69. The molecule has 0 radical (unpaired) electrons. The van der Waals surface area contributed by atoms with Gasteiger partial charge in [-0.25, -0.2) is 4.79 Å². The summed E-state index contributed by atoms with van der Waals surface area (Å²) in [6.07, 6.45) is 0.759. The van der Waals surface area contributed by atoms with Crippen molar-refractivity contribution in [1.82, 2.24) is 15.5 Å². The normalized spacial score (nSPS) is 25.5. The predicted octanol–water partition coefficient (Wildman–Crippen LogP) is 4.68. The zero-order valence-corrected chi connectivity index (χ0v) is 24.0. The Labute approximate surface area is 242 Å². The average molecular weight is 590 g/mol. The summed E-state index contributed by atoms with van der Waals surface area (Å²) in [5.41, 5.74) is 1.04. The fraction of sp³-hybridized carbons (Fsp3) is 0.429. The first-order chi connectivity index (χ1) is 18.5. The Morgan fingerprint density at radius 1 is 1.08 bits per heavy atom. The Morgan fingerprint density at radius 3 is 2.13 bits per heavy atom. The van der Waals surface area contributed by atoms with Crippen molar-refractivity contribution in [3.8, 4) is 0 Å². The van der Waals surface area contributed by atoms with E-state index < -0.39 is 23.1 Å². The van der Waals surface area contributed by atoms with Gasteiger partial charge in [-0.3, -0.25) is 19.3 Å². The van der Waals surface area contributed by atoms with Crippen LogP contribution in [0.4, 0.5) is 16.2 Å². The van der Waals surface area contributed by atoms with E-state index in [-0.39, 0.29) is 41.5 Å². The Balaban J connectivity index is 1.44. The number of rotatable bonds is 7. The molecule has 2 heterocycles. The van der Waals surface area contributed by atoms with Crippen molar-refractivity contribution in [3.05, 3.63) is 58.6 Å². The first-order valence-electron chi connectivity index (χ1n) is 12.9. The van der Waals surface area contributed by atoms with E-state index in [0.717, 1.165) is 0 Å². The number of hydrogen-bond acceptors (Lipinski definition) is 4. The van der Waals surface area contributed by atoms with Crippen molar-refractivity contribution in [1.29, 1.82) is 0 Å². The van der Waals surface area contributed by atoms with Crippen LogP contribution in [0.3, 0.4) is 0 Å². The molecule has 1 aliphatic carbocycles. The Bertz CT molecular complexity index is 1260. The molecule has 2 aromatic rings. The molecule has 0 aromatic heterocycles. The van der Waals surface area contributed by atoms with Gasteiger partial charge in [-0.15, -0.1) is 12.6 Å². The van der Waals surface area contributed by atoms with Gasteiger partial charge in [0.15, 0.2) is 0 Å². The first kappa shape index (κ1) is 27.8. The number of fused-ring (bicyclic) bond motifs is 1. The van der Waals surface area contributed by atoms with E-state index in [4.69, 9.17) is 23.2 Å². The van der Waals surface area contributed by atoms with E-state index in [9.17, 15) is 19.2 Å². The van der Waals surface area contributed by atoms with Gasteiger partial charge in [0.1, 0.15) is 6.04 Å². The molecule has 1 saturated carbocycles. The highest BCUT2D eigenvalue weighted by Crippen LogP contribution is 2.65. The third kappa shape index (κ3) is 5.36. The van der Waals surface area contributed by atoms with E-state index in [0.29, 0.717) is 40.9 Å². The summed E-state index contributed by atoms with van der Waals surface area (Å²) in [6, 6.07) is 11.7. The number of anilines is 2. The van der Waals surface area contributed by atoms with Gasteiger partial charge in [0.25, 0.3) is 0 Å². The minimum Gasteiger partial charge on any atom is -0.356 e. The molecular weight excluding hydrogens is 559 g/mol. The molecule has 2 N–H and O–H groups in total. The smallest absolute Gasteiger partial charge is 0.329 e. The second-order valence-corrected chi connectivity index (χ2v) is 12.3. The second-order valence-electron chi connectivity index (χ2n) is 11.0. The Kier molecular flexibility index (Phi) is 7.61. The standard InChI is InChI=1S/C28H30Cl2N4O4S/c1-28(2)20-14-33(23(22(20)28)25(36)32-21(26(37)39)13-15-11-12-31-24(15)35)27(38)34(18-7-3-16(29)4-8-18)19-9-5-17(30)6-10-19/h3-10,15,20-23H,11-14H2,1-2H3,(H,31,35)(H,32,36)(H,37,39)/t15-,20-,21-,22-,23-/m0/s1. The van der Waals surface area contributed by atoms with Gasteiger partial charge in [0.05, 0.1) is 17.4 Å². The Hall–Kier alpha value is -2.75. The van der Waals surface area contributed by atoms with Gasteiger partial charge in [0, 0.05) is 29.1 Å². The van der Waals surface area contributed by atoms with Gasteiger partial charge >= 0.3 is 6.03 Å². The van der Waals surface area contributed by atoms with Crippen molar-refractivity contribution >= 4 is 70.2 Å². The molecule has 8 nitrogen and oxygen atoms in total. The number of halogens is 2. The fourth-order valence-corrected chi connectivity index (χ4v) is 6.52. The van der Waals surface area contributed by atoms with Crippen LogP contribution in [0.1, 0.15) is 26.7 Å². The lowest BCUT2D eigenvalue weighted by Gasteiger charge is -2.35. The monoisotopic (exact) mass is 588 g/mol. The van der Waals surface area contributed by atoms with Crippen molar-refractivity contribution in [3.63, 3.8) is 0 Å². The number of amides is 4. The summed E-state index contributed by atoms with van der Waals surface area (Å²) in [5, 5.41) is 6.12. The van der Waals surface area contributed by atoms with Crippen LogP contribution in [0, 0.1) is 23.2 Å². The molecule has 3 fully saturated rings. The van der Waals surface area contributed by atoms with E-state index in [1.807, 2.05) is 0 Å². The molecule has 206 valence electrons. The predicted molar refractivity (Wildman–Crippen MR) is 153 cm³/mol. The highest BCUT2D eigenvalue weighted by atomic mass is 35.5. The van der Waals surface area contributed by atoms with Crippen LogP contribution in [-0.4, -0.2) is 53.0 Å². The Morgan fingerprint density at radius 2 is 1.64 bits per heavy atom. The lowest BCUT2D eigenvalue weighted by Crippen LogP contribution is -2.55. The average Bonchev–Trinajstić information content (AvgIpc) is 3.24. The second kappa shape index (κ2) is 10.7. The van der Waals surface area contributed by atoms with Crippen LogP contribution in [0.15, 0.2) is 48.5 Å². The molecule has 5 atom stereocenters. The number of carbonyl (C=O) groups is 4. The summed E-state index contributed by atoms with van der Waals surface area (Å²) in [7, 11) is 0. The van der Waals surface area contributed by atoms with Crippen LogP contribution >= 0.6 is 35.8 Å². The summed E-state index contributed by atoms with van der Waals surface area (Å²) in [6.45, 7) is 5.12. The third-order valence-corrected chi connectivity index (χ3v) is 9.20. The number of urea groups is 1. The van der Waals surface area contributed by atoms with E-state index in [1.54, 1.807) is 53.4 Å². The largest absolute Gasteiger partial charge is 0.356 e. The number of piperidine rings is 1. The van der Waals surface area contributed by atoms with E-state index >= 15 is 0 Å². The van der Waals surface area contributed by atoms with Crippen LogP contribution in [-0.2, 0) is 14.4 Å². The van der Waals surface area contributed by atoms with Gasteiger partial charge in [-0.2, -0.15) is 0 Å². The van der Waals surface area contributed by atoms with Crippen LogP contribution < -0.4 is 15.5 Å². The van der Waals surface area contributed by atoms with Gasteiger partial charge in [-0.1, -0.05) is 37.0 Å². The number of nitrogens with one attached hydrogen (secondary N) is 2. The molecule has 11 heteroatoms. The maximum Gasteiger partial charge on any atom is 0.329 e. The lowest BCUT2D eigenvalue weighted by atomic mass is 9.97. The number of nitrogens with zero attached hydrogens (tertiary/aromatic N) is 2. The van der Waals surface area contributed by atoms with Crippen molar-refractivity contribution in [2.45, 2.75) is 38.8 Å². The quantitative estimate of drug-likeness (QED) is 0.409. The number of benzene rings is 2. The first-order valence-corrected chi connectivity index (χ1v) is 14.1. The van der Waals surface area contributed by atoms with Crippen LogP contribution in [0.5, 0.6) is 0 Å². The third-order valence-electron chi connectivity index (χ3n) is 8.38. The summed E-state index contributed by atoms with van der Waals surface area (Å²) >= 11 is 16.2. The number of carbonyl (C=O) groups excluding carboxylic acids is 4. The SMILES string of the molecule is CC1(C)[C@@H]2[C@@H](C(=O)N[C@@H](C[C@@H]3CCNC3=O)C(=O)S)N(C(=O)N(c3ccc(Cl)cc3)c3ccc(Cl)cc3)C[C@@H]21. The minimum atomic E-state index is -0.934. The number of likely N-dealkylation sites (tertiary alicyclic amines) is 1. The van der Waals surface area contributed by atoms with Crippen molar-refractivity contribution in [2.24, 2.45) is 23.2 Å². The topological polar surface area (TPSA) is 98.8 Å². The highest BCUT2D eigenvalue weighted by molar-refractivity contribution is 7.96. The zero-order valence-electron chi connectivity index (χ0n) is 21.6. The van der Waals surface area contributed by atoms with Gasteiger partial charge < -0.3 is 15.5 Å². The molecular formula is C28H30Cl2N4O4S. The molecule has 0 bridgehead atoms. The van der Waals surface area contributed by atoms with E-state index in [2.05, 4.69) is 37.1 Å². The maximum atomic E-state index is 14.2. The molecule has 2 aliphatic heterocycles. The van der Waals surface area contributed by atoms with Crippen molar-refractivity contribution in [2.75, 3.05) is 18.0 Å². The molecule has 0 spiro atoms. The van der Waals surface area contributed by atoms with Crippen LogP contribution in [0.2, 0.25) is 10.0 Å². The van der Waals surface area contributed by atoms with E-state index in [1.165, 1.54) is 4.90 Å².